The third-order valence-electron chi connectivity index (χ3n) is 3.73. The molecule has 1 fully saturated rings. The van der Waals surface area contributed by atoms with E-state index in [1.54, 1.807) is 0 Å². The van der Waals surface area contributed by atoms with E-state index in [4.69, 9.17) is 0 Å². The van der Waals surface area contributed by atoms with Crippen LogP contribution in [0.25, 0.3) is 0 Å². The van der Waals surface area contributed by atoms with Crippen LogP contribution < -0.4 is 10.2 Å². The standard InChI is InChI=1S/C15H25N3/c1-3-6-14-7-4-5-10-18(14)15-9-8-13(11-16-2)12-17-15/h8-9,12,14,16H,3-7,10-11H2,1-2H3. The monoisotopic (exact) mass is 247 g/mol. The van der Waals surface area contributed by atoms with Crippen molar-refractivity contribution in [2.24, 2.45) is 0 Å². The van der Waals surface area contributed by atoms with E-state index in [0.717, 1.165) is 12.4 Å². The molecule has 18 heavy (non-hydrogen) atoms. The first-order valence-corrected chi connectivity index (χ1v) is 7.21. The highest BCUT2D eigenvalue weighted by molar-refractivity contribution is 5.41. The topological polar surface area (TPSA) is 28.2 Å². The lowest BCUT2D eigenvalue weighted by Gasteiger charge is -2.36. The van der Waals surface area contributed by atoms with Gasteiger partial charge < -0.3 is 10.2 Å². The van der Waals surface area contributed by atoms with E-state index in [1.165, 1.54) is 44.2 Å². The molecule has 3 heteroatoms. The molecule has 1 aromatic heterocycles. The highest BCUT2D eigenvalue weighted by atomic mass is 15.2. The van der Waals surface area contributed by atoms with Gasteiger partial charge in [0.1, 0.15) is 5.82 Å². The third-order valence-corrected chi connectivity index (χ3v) is 3.73. The lowest BCUT2D eigenvalue weighted by atomic mass is 9.98. The summed E-state index contributed by atoms with van der Waals surface area (Å²) in [7, 11) is 1.97. The number of aromatic nitrogens is 1. The average Bonchev–Trinajstić information content (AvgIpc) is 2.41. The molecule has 0 aromatic carbocycles. The number of anilines is 1. The molecule has 1 saturated heterocycles. The minimum Gasteiger partial charge on any atom is -0.354 e. The largest absolute Gasteiger partial charge is 0.354 e. The minimum atomic E-state index is 0.700. The number of piperidine rings is 1. The highest BCUT2D eigenvalue weighted by Gasteiger charge is 2.22. The molecule has 3 nitrogen and oxygen atoms in total. The van der Waals surface area contributed by atoms with E-state index in [0.29, 0.717) is 6.04 Å². The number of nitrogens with zero attached hydrogens (tertiary/aromatic N) is 2. The molecule has 1 unspecified atom stereocenters. The van der Waals surface area contributed by atoms with Gasteiger partial charge in [-0.15, -0.1) is 0 Å². The molecule has 1 aliphatic heterocycles. The van der Waals surface area contributed by atoms with Gasteiger partial charge in [-0.25, -0.2) is 4.98 Å². The molecule has 100 valence electrons. The van der Waals surface area contributed by atoms with Gasteiger partial charge in [0.2, 0.25) is 0 Å². The van der Waals surface area contributed by atoms with Crippen LogP contribution in [-0.2, 0) is 6.54 Å². The maximum Gasteiger partial charge on any atom is 0.128 e. The lowest BCUT2D eigenvalue weighted by Crippen LogP contribution is -2.40. The smallest absolute Gasteiger partial charge is 0.128 e. The molecule has 1 aliphatic rings. The fourth-order valence-electron chi connectivity index (χ4n) is 2.83. The normalized spacial score (nSPS) is 20.1. The van der Waals surface area contributed by atoms with Crippen LogP contribution in [0.2, 0.25) is 0 Å². The summed E-state index contributed by atoms with van der Waals surface area (Å²) in [5.74, 6) is 1.16. The van der Waals surface area contributed by atoms with Gasteiger partial charge in [-0.3, -0.25) is 0 Å². The van der Waals surface area contributed by atoms with E-state index in [2.05, 4.69) is 34.3 Å². The summed E-state index contributed by atoms with van der Waals surface area (Å²) in [6.07, 6.45) is 8.56. The van der Waals surface area contributed by atoms with Crippen molar-refractivity contribution >= 4 is 5.82 Å². The van der Waals surface area contributed by atoms with Crippen molar-refractivity contribution in [1.29, 1.82) is 0 Å². The van der Waals surface area contributed by atoms with Crippen LogP contribution in [0, 0.1) is 0 Å². The van der Waals surface area contributed by atoms with E-state index >= 15 is 0 Å². The predicted molar refractivity (Wildman–Crippen MR) is 76.9 cm³/mol. The molecule has 0 aliphatic carbocycles. The molecule has 0 saturated carbocycles. The number of nitrogens with one attached hydrogen (secondary N) is 1. The summed E-state index contributed by atoms with van der Waals surface area (Å²) in [5.41, 5.74) is 1.25. The van der Waals surface area contributed by atoms with Crippen molar-refractivity contribution in [3.05, 3.63) is 23.9 Å². The van der Waals surface area contributed by atoms with Crippen LogP contribution in [0.15, 0.2) is 18.3 Å². The molecule has 1 aromatic rings. The second-order valence-corrected chi connectivity index (χ2v) is 5.19. The summed E-state index contributed by atoms with van der Waals surface area (Å²) in [6.45, 7) is 4.34. The van der Waals surface area contributed by atoms with Crippen LogP contribution >= 0.6 is 0 Å². The third kappa shape index (κ3) is 3.22. The quantitative estimate of drug-likeness (QED) is 0.867. The fraction of sp³-hybridized carbons (Fsp3) is 0.667. The van der Waals surface area contributed by atoms with E-state index in [-0.39, 0.29) is 0 Å². The van der Waals surface area contributed by atoms with Crippen molar-refractivity contribution in [2.45, 2.75) is 51.6 Å². The first-order chi connectivity index (χ1) is 8.85. The van der Waals surface area contributed by atoms with Crippen LogP contribution in [-0.4, -0.2) is 24.6 Å². The Hall–Kier alpha value is -1.09. The van der Waals surface area contributed by atoms with Crippen molar-refractivity contribution < 1.29 is 0 Å². The number of hydrogen-bond acceptors (Lipinski definition) is 3. The molecule has 1 N–H and O–H groups in total. The predicted octanol–water partition coefficient (Wildman–Crippen LogP) is 2.96. The Morgan fingerprint density at radius 1 is 1.39 bits per heavy atom. The van der Waals surface area contributed by atoms with Crippen LogP contribution in [0.4, 0.5) is 5.82 Å². The maximum absolute atomic E-state index is 4.64. The zero-order valence-electron chi connectivity index (χ0n) is 11.7. The molecule has 0 radical (unpaired) electrons. The molecule has 0 spiro atoms. The summed E-state index contributed by atoms with van der Waals surface area (Å²) in [5, 5.41) is 3.16. The van der Waals surface area contributed by atoms with Gasteiger partial charge in [-0.2, -0.15) is 0 Å². The molecular formula is C15H25N3. The zero-order chi connectivity index (χ0) is 12.8. The van der Waals surface area contributed by atoms with Gasteiger partial charge in [0, 0.05) is 25.3 Å². The van der Waals surface area contributed by atoms with Crippen molar-refractivity contribution in [1.82, 2.24) is 10.3 Å². The SMILES string of the molecule is CCCC1CCCCN1c1ccc(CNC)cn1. The Bertz CT molecular complexity index is 345. The molecule has 0 bridgehead atoms. The van der Waals surface area contributed by atoms with E-state index in [1.807, 2.05) is 13.2 Å². The first-order valence-electron chi connectivity index (χ1n) is 7.21. The molecule has 2 heterocycles. The Balaban J connectivity index is 2.07. The summed E-state index contributed by atoms with van der Waals surface area (Å²) < 4.78 is 0. The van der Waals surface area contributed by atoms with Gasteiger partial charge in [0.05, 0.1) is 0 Å². The number of hydrogen-bond donors (Lipinski definition) is 1. The van der Waals surface area contributed by atoms with E-state index in [9.17, 15) is 0 Å². The maximum atomic E-state index is 4.64. The van der Waals surface area contributed by atoms with E-state index < -0.39 is 0 Å². The fourth-order valence-corrected chi connectivity index (χ4v) is 2.83. The first kappa shape index (κ1) is 13.3. The van der Waals surface area contributed by atoms with Gasteiger partial charge in [-0.05, 0) is 44.4 Å². The number of rotatable bonds is 5. The van der Waals surface area contributed by atoms with Crippen molar-refractivity contribution in [2.75, 3.05) is 18.5 Å². The van der Waals surface area contributed by atoms with Crippen molar-refractivity contribution in [3.8, 4) is 0 Å². The minimum absolute atomic E-state index is 0.700. The summed E-state index contributed by atoms with van der Waals surface area (Å²) in [4.78, 5) is 7.15. The second-order valence-electron chi connectivity index (χ2n) is 5.19. The Labute approximate surface area is 111 Å². The molecule has 0 amide bonds. The van der Waals surface area contributed by atoms with Gasteiger partial charge in [-0.1, -0.05) is 19.4 Å². The van der Waals surface area contributed by atoms with Gasteiger partial charge >= 0.3 is 0 Å². The Kier molecular flexibility index (Phi) is 5.00. The number of pyridine rings is 1. The zero-order valence-corrected chi connectivity index (χ0v) is 11.7. The van der Waals surface area contributed by atoms with Gasteiger partial charge in [0.15, 0.2) is 0 Å². The van der Waals surface area contributed by atoms with Crippen LogP contribution in [0.1, 0.15) is 44.6 Å². The summed E-state index contributed by atoms with van der Waals surface area (Å²) in [6, 6.07) is 5.07. The molecular weight excluding hydrogens is 222 g/mol. The van der Waals surface area contributed by atoms with Crippen LogP contribution in [0.5, 0.6) is 0 Å². The van der Waals surface area contributed by atoms with Crippen molar-refractivity contribution in [3.63, 3.8) is 0 Å². The second kappa shape index (κ2) is 6.74. The summed E-state index contributed by atoms with van der Waals surface area (Å²) >= 11 is 0. The van der Waals surface area contributed by atoms with Crippen LogP contribution in [0.3, 0.4) is 0 Å². The highest BCUT2D eigenvalue weighted by Crippen LogP contribution is 2.25. The lowest BCUT2D eigenvalue weighted by molar-refractivity contribution is 0.432. The molecule has 1 atom stereocenters. The van der Waals surface area contributed by atoms with Gasteiger partial charge in [0.25, 0.3) is 0 Å². The molecule has 2 rings (SSSR count). The Morgan fingerprint density at radius 2 is 2.28 bits per heavy atom. The average molecular weight is 247 g/mol. The Morgan fingerprint density at radius 3 is 2.94 bits per heavy atom.